The summed E-state index contributed by atoms with van der Waals surface area (Å²) in [6, 6.07) is 7.24. The number of halogens is 1. The van der Waals surface area contributed by atoms with Crippen LogP contribution < -0.4 is 0 Å². The van der Waals surface area contributed by atoms with Gasteiger partial charge in [0.15, 0.2) is 5.82 Å². The van der Waals surface area contributed by atoms with Gasteiger partial charge in [-0.25, -0.2) is 0 Å². The molecular weight excluding hydrogens is 298 g/mol. The molecule has 0 spiro atoms. The first-order valence-electron chi connectivity index (χ1n) is 5.76. The SMILES string of the molecule is Cn1cnnc1C(S)c1nc(-c2cccc(Cl)c2)no1. The molecule has 3 rings (SSSR count). The summed E-state index contributed by atoms with van der Waals surface area (Å²) < 4.78 is 6.99. The van der Waals surface area contributed by atoms with Crippen LogP contribution in [0.5, 0.6) is 0 Å². The molecule has 20 heavy (non-hydrogen) atoms. The van der Waals surface area contributed by atoms with Gasteiger partial charge in [-0.3, -0.25) is 0 Å². The molecule has 0 amide bonds. The quantitative estimate of drug-likeness (QED) is 0.753. The van der Waals surface area contributed by atoms with Crippen LogP contribution in [-0.2, 0) is 7.05 Å². The van der Waals surface area contributed by atoms with Crippen molar-refractivity contribution < 1.29 is 4.52 Å². The molecule has 2 heterocycles. The summed E-state index contributed by atoms with van der Waals surface area (Å²) in [5.41, 5.74) is 0.783. The highest BCUT2D eigenvalue weighted by atomic mass is 35.5. The zero-order chi connectivity index (χ0) is 14.1. The number of thiol groups is 1. The van der Waals surface area contributed by atoms with Gasteiger partial charge in [-0.2, -0.15) is 17.6 Å². The van der Waals surface area contributed by atoms with Crippen LogP contribution >= 0.6 is 24.2 Å². The summed E-state index contributed by atoms with van der Waals surface area (Å²) in [6.45, 7) is 0. The number of benzene rings is 1. The molecule has 0 fully saturated rings. The van der Waals surface area contributed by atoms with E-state index in [-0.39, 0.29) is 0 Å². The average Bonchev–Trinajstić information content (AvgIpc) is 3.07. The zero-order valence-corrected chi connectivity index (χ0v) is 12.1. The van der Waals surface area contributed by atoms with E-state index in [0.717, 1.165) is 5.56 Å². The Kier molecular flexibility index (Phi) is 3.45. The maximum atomic E-state index is 5.94. The first-order valence-corrected chi connectivity index (χ1v) is 6.66. The Morgan fingerprint density at radius 1 is 1.40 bits per heavy atom. The van der Waals surface area contributed by atoms with Crippen molar-refractivity contribution in [2.45, 2.75) is 5.25 Å². The molecule has 8 heteroatoms. The summed E-state index contributed by atoms with van der Waals surface area (Å²) in [4.78, 5) is 4.32. The third-order valence-electron chi connectivity index (χ3n) is 2.75. The smallest absolute Gasteiger partial charge is 0.247 e. The Morgan fingerprint density at radius 2 is 2.25 bits per heavy atom. The minimum absolute atomic E-state index is 0.361. The maximum Gasteiger partial charge on any atom is 0.247 e. The fourth-order valence-electron chi connectivity index (χ4n) is 1.74. The van der Waals surface area contributed by atoms with Crippen LogP contribution in [0.15, 0.2) is 35.1 Å². The third kappa shape index (κ3) is 2.41. The molecule has 0 bridgehead atoms. The highest BCUT2D eigenvalue weighted by Crippen LogP contribution is 2.27. The van der Waals surface area contributed by atoms with Gasteiger partial charge in [0.25, 0.3) is 0 Å². The first kappa shape index (κ1) is 13.1. The lowest BCUT2D eigenvalue weighted by molar-refractivity contribution is 0.381. The van der Waals surface area contributed by atoms with Crippen LogP contribution in [0.4, 0.5) is 0 Å². The van der Waals surface area contributed by atoms with E-state index in [2.05, 4.69) is 33.0 Å². The van der Waals surface area contributed by atoms with Crippen LogP contribution in [-0.4, -0.2) is 24.9 Å². The van der Waals surface area contributed by atoms with Gasteiger partial charge in [-0.15, -0.1) is 10.2 Å². The molecular formula is C12H10ClN5OS. The summed E-state index contributed by atoms with van der Waals surface area (Å²) in [5.74, 6) is 1.46. The monoisotopic (exact) mass is 307 g/mol. The van der Waals surface area contributed by atoms with Crippen molar-refractivity contribution in [2.24, 2.45) is 7.05 Å². The lowest BCUT2D eigenvalue weighted by Gasteiger charge is -2.03. The van der Waals surface area contributed by atoms with Gasteiger partial charge in [0.2, 0.25) is 11.7 Å². The molecule has 0 N–H and O–H groups in total. The molecule has 1 atom stereocenters. The van der Waals surface area contributed by atoms with Gasteiger partial charge < -0.3 is 9.09 Å². The second-order valence-electron chi connectivity index (χ2n) is 4.17. The Labute approximate surface area is 125 Å². The standard InChI is InChI=1S/C12H10ClN5OS/c1-18-6-14-16-11(18)9(20)12-15-10(17-19-12)7-3-2-4-8(13)5-7/h2-6,9,20H,1H3. The van der Waals surface area contributed by atoms with E-state index in [1.807, 2.05) is 19.2 Å². The molecule has 0 saturated carbocycles. The van der Waals surface area contributed by atoms with Crippen molar-refractivity contribution in [1.82, 2.24) is 24.9 Å². The third-order valence-corrected chi connectivity index (χ3v) is 3.44. The van der Waals surface area contributed by atoms with Crippen molar-refractivity contribution in [1.29, 1.82) is 0 Å². The minimum Gasteiger partial charge on any atom is -0.337 e. The van der Waals surface area contributed by atoms with Gasteiger partial charge in [-0.05, 0) is 12.1 Å². The van der Waals surface area contributed by atoms with Gasteiger partial charge in [0.05, 0.1) is 0 Å². The average molecular weight is 308 g/mol. The maximum absolute atomic E-state index is 5.94. The van der Waals surface area contributed by atoms with Gasteiger partial charge in [0.1, 0.15) is 11.6 Å². The second-order valence-corrected chi connectivity index (χ2v) is 5.12. The highest BCUT2D eigenvalue weighted by Gasteiger charge is 2.22. The number of aryl methyl sites for hydroxylation is 1. The predicted octanol–water partition coefficient (Wildman–Crippen LogP) is 2.54. The van der Waals surface area contributed by atoms with Crippen LogP contribution in [0, 0.1) is 0 Å². The largest absolute Gasteiger partial charge is 0.337 e. The van der Waals surface area contributed by atoms with E-state index >= 15 is 0 Å². The number of nitrogens with zero attached hydrogens (tertiary/aromatic N) is 5. The first-order chi connectivity index (χ1) is 9.65. The van der Waals surface area contributed by atoms with E-state index in [4.69, 9.17) is 16.1 Å². The van der Waals surface area contributed by atoms with Crippen LogP contribution in [0.1, 0.15) is 17.0 Å². The molecule has 2 aromatic heterocycles. The molecule has 6 nitrogen and oxygen atoms in total. The second kappa shape index (κ2) is 5.26. The number of aromatic nitrogens is 5. The van der Waals surface area contributed by atoms with Gasteiger partial charge >= 0.3 is 0 Å². The fraction of sp³-hybridized carbons (Fsp3) is 0.167. The van der Waals surface area contributed by atoms with Gasteiger partial charge in [-0.1, -0.05) is 28.9 Å². The molecule has 0 saturated heterocycles. The van der Waals surface area contributed by atoms with E-state index in [0.29, 0.717) is 22.6 Å². The van der Waals surface area contributed by atoms with Crippen LogP contribution in [0.2, 0.25) is 5.02 Å². The van der Waals surface area contributed by atoms with Crippen molar-refractivity contribution >= 4 is 24.2 Å². The predicted molar refractivity (Wildman–Crippen MR) is 76.6 cm³/mol. The zero-order valence-electron chi connectivity index (χ0n) is 10.4. The summed E-state index contributed by atoms with van der Waals surface area (Å²) in [6.07, 6.45) is 1.59. The lowest BCUT2D eigenvalue weighted by Crippen LogP contribution is -2.02. The Balaban J connectivity index is 1.93. The van der Waals surface area contributed by atoms with Crippen molar-refractivity contribution in [2.75, 3.05) is 0 Å². The molecule has 0 aliphatic rings. The molecule has 0 aliphatic carbocycles. The molecule has 0 radical (unpaired) electrons. The van der Waals surface area contributed by atoms with Crippen molar-refractivity contribution in [3.05, 3.63) is 47.3 Å². The summed E-state index contributed by atoms with van der Waals surface area (Å²) in [7, 11) is 1.83. The van der Waals surface area contributed by atoms with Crippen LogP contribution in [0.3, 0.4) is 0 Å². The Morgan fingerprint density at radius 3 is 2.95 bits per heavy atom. The molecule has 1 aromatic carbocycles. The summed E-state index contributed by atoms with van der Waals surface area (Å²) in [5, 5.41) is 11.9. The Hall–Kier alpha value is -1.86. The van der Waals surface area contributed by atoms with Gasteiger partial charge in [0, 0.05) is 17.6 Å². The number of hydrogen-bond donors (Lipinski definition) is 1. The van der Waals surface area contributed by atoms with E-state index in [1.54, 1.807) is 23.0 Å². The minimum atomic E-state index is -0.428. The lowest BCUT2D eigenvalue weighted by atomic mass is 10.2. The number of hydrogen-bond acceptors (Lipinski definition) is 6. The number of rotatable bonds is 3. The molecule has 1 unspecified atom stereocenters. The fourth-order valence-corrected chi connectivity index (χ4v) is 2.27. The normalized spacial score (nSPS) is 12.6. The van der Waals surface area contributed by atoms with E-state index in [9.17, 15) is 0 Å². The van der Waals surface area contributed by atoms with Crippen molar-refractivity contribution in [3.63, 3.8) is 0 Å². The highest BCUT2D eigenvalue weighted by molar-refractivity contribution is 7.80. The van der Waals surface area contributed by atoms with E-state index < -0.39 is 5.25 Å². The van der Waals surface area contributed by atoms with Crippen LogP contribution in [0.25, 0.3) is 11.4 Å². The summed E-state index contributed by atoms with van der Waals surface area (Å²) >= 11 is 10.4. The molecule has 102 valence electrons. The Bertz CT molecular complexity index is 741. The topological polar surface area (TPSA) is 69.6 Å². The van der Waals surface area contributed by atoms with Crippen molar-refractivity contribution in [3.8, 4) is 11.4 Å². The molecule has 0 aliphatic heterocycles. The van der Waals surface area contributed by atoms with E-state index in [1.165, 1.54) is 0 Å². The molecule has 3 aromatic rings.